The Morgan fingerprint density at radius 3 is 2.38 bits per heavy atom. The number of halogens is 1. The molecule has 2 aromatic carbocycles. The predicted molar refractivity (Wildman–Crippen MR) is 80.6 cm³/mol. The Morgan fingerprint density at radius 2 is 1.76 bits per heavy atom. The summed E-state index contributed by atoms with van der Waals surface area (Å²) in [5.41, 5.74) is 1.14. The van der Waals surface area contributed by atoms with Gasteiger partial charge in [-0.15, -0.1) is 0 Å². The molecule has 21 heavy (non-hydrogen) atoms. The van der Waals surface area contributed by atoms with Gasteiger partial charge in [-0.3, -0.25) is 0 Å². The number of hydrogen-bond acceptors (Lipinski definition) is 3. The molecule has 0 fully saturated rings. The summed E-state index contributed by atoms with van der Waals surface area (Å²) >= 11 is 5.93. The smallest absolute Gasteiger partial charge is 0.335 e. The van der Waals surface area contributed by atoms with Gasteiger partial charge >= 0.3 is 5.97 Å². The summed E-state index contributed by atoms with van der Waals surface area (Å²) in [7, 11) is 0. The van der Waals surface area contributed by atoms with Gasteiger partial charge < -0.3 is 14.6 Å². The maximum absolute atomic E-state index is 10.8. The van der Waals surface area contributed by atoms with E-state index in [4.69, 9.17) is 26.2 Å². The largest absolute Gasteiger partial charge is 0.490 e. The van der Waals surface area contributed by atoms with Crippen LogP contribution in [0.25, 0.3) is 0 Å². The molecule has 0 amide bonds. The molecule has 4 nitrogen and oxygen atoms in total. The topological polar surface area (TPSA) is 55.8 Å². The third-order valence-electron chi connectivity index (χ3n) is 2.83. The molecule has 0 aromatic heterocycles. The molecule has 1 N–H and O–H groups in total. The van der Waals surface area contributed by atoms with E-state index in [0.29, 0.717) is 24.0 Å². The van der Waals surface area contributed by atoms with Crippen LogP contribution in [0, 0.1) is 6.92 Å². The lowest BCUT2D eigenvalue weighted by molar-refractivity contribution is 0.0696. The molecule has 0 radical (unpaired) electrons. The van der Waals surface area contributed by atoms with E-state index in [9.17, 15) is 4.79 Å². The van der Waals surface area contributed by atoms with Crippen molar-refractivity contribution >= 4 is 17.6 Å². The zero-order valence-electron chi connectivity index (χ0n) is 11.5. The Kier molecular flexibility index (Phi) is 5.06. The van der Waals surface area contributed by atoms with Gasteiger partial charge in [0.05, 0.1) is 5.56 Å². The van der Waals surface area contributed by atoms with Crippen LogP contribution in [0.15, 0.2) is 42.5 Å². The fourth-order valence-electron chi connectivity index (χ4n) is 1.74. The van der Waals surface area contributed by atoms with Crippen LogP contribution >= 0.6 is 11.6 Å². The molecule has 0 aliphatic heterocycles. The molecule has 2 rings (SSSR count). The lowest BCUT2D eigenvalue weighted by Crippen LogP contribution is -2.09. The molecule has 0 atom stereocenters. The molecule has 0 saturated heterocycles. The Morgan fingerprint density at radius 1 is 1.10 bits per heavy atom. The van der Waals surface area contributed by atoms with Gasteiger partial charge in [0.15, 0.2) is 0 Å². The van der Waals surface area contributed by atoms with Gasteiger partial charge in [-0.1, -0.05) is 17.7 Å². The van der Waals surface area contributed by atoms with Crippen molar-refractivity contribution in [1.82, 2.24) is 0 Å². The Balaban J connectivity index is 1.83. The zero-order chi connectivity index (χ0) is 15.2. The maximum Gasteiger partial charge on any atom is 0.335 e. The van der Waals surface area contributed by atoms with Crippen LogP contribution in [0.1, 0.15) is 15.9 Å². The lowest BCUT2D eigenvalue weighted by Gasteiger charge is -2.09. The Bertz CT molecular complexity index is 640. The highest BCUT2D eigenvalue weighted by Crippen LogP contribution is 2.21. The summed E-state index contributed by atoms with van der Waals surface area (Å²) in [5.74, 6) is 0.249. The highest BCUT2D eigenvalue weighted by molar-refractivity contribution is 6.31. The van der Waals surface area contributed by atoms with Gasteiger partial charge in [0.2, 0.25) is 0 Å². The third-order valence-corrected chi connectivity index (χ3v) is 3.26. The minimum absolute atomic E-state index is 0.196. The van der Waals surface area contributed by atoms with Crippen LogP contribution in [-0.2, 0) is 0 Å². The van der Waals surface area contributed by atoms with E-state index < -0.39 is 5.97 Å². The van der Waals surface area contributed by atoms with Gasteiger partial charge in [-0.25, -0.2) is 4.79 Å². The molecule has 2 aromatic rings. The first-order valence-corrected chi connectivity index (χ1v) is 6.79. The number of rotatable bonds is 6. The van der Waals surface area contributed by atoms with Crippen molar-refractivity contribution in [1.29, 1.82) is 0 Å². The van der Waals surface area contributed by atoms with Crippen LogP contribution in [0.5, 0.6) is 11.5 Å². The number of carboxylic acids is 1. The van der Waals surface area contributed by atoms with Crippen molar-refractivity contribution in [2.24, 2.45) is 0 Å². The molecular weight excluding hydrogens is 292 g/mol. The summed E-state index contributed by atoms with van der Waals surface area (Å²) < 4.78 is 11.0. The van der Waals surface area contributed by atoms with E-state index in [0.717, 1.165) is 11.3 Å². The van der Waals surface area contributed by atoms with Gasteiger partial charge in [0.25, 0.3) is 0 Å². The summed E-state index contributed by atoms with van der Waals surface area (Å²) in [6, 6.07) is 11.8. The average Bonchev–Trinajstić information content (AvgIpc) is 2.47. The first kappa shape index (κ1) is 15.2. The number of carbonyl (C=O) groups is 1. The quantitative estimate of drug-likeness (QED) is 0.825. The Labute approximate surface area is 127 Å². The molecule has 0 aliphatic carbocycles. The van der Waals surface area contributed by atoms with Crippen molar-refractivity contribution in [2.45, 2.75) is 6.92 Å². The van der Waals surface area contributed by atoms with Crippen molar-refractivity contribution < 1.29 is 19.4 Å². The first-order chi connectivity index (χ1) is 10.1. The number of benzene rings is 2. The van der Waals surface area contributed by atoms with E-state index in [1.54, 1.807) is 24.3 Å². The molecule has 0 aliphatic rings. The van der Waals surface area contributed by atoms with Crippen molar-refractivity contribution in [3.8, 4) is 11.5 Å². The van der Waals surface area contributed by atoms with Crippen LogP contribution in [-0.4, -0.2) is 24.3 Å². The van der Waals surface area contributed by atoms with Crippen LogP contribution < -0.4 is 9.47 Å². The predicted octanol–water partition coefficient (Wildman–Crippen LogP) is 3.80. The molecule has 0 spiro atoms. The van der Waals surface area contributed by atoms with Gasteiger partial charge in [-0.05, 0) is 48.9 Å². The normalized spacial score (nSPS) is 10.2. The molecule has 0 heterocycles. The molecule has 5 heteroatoms. The summed E-state index contributed by atoms with van der Waals surface area (Å²) in [6.45, 7) is 2.59. The maximum atomic E-state index is 10.8. The van der Waals surface area contributed by atoms with E-state index >= 15 is 0 Å². The fourth-order valence-corrected chi connectivity index (χ4v) is 1.86. The van der Waals surface area contributed by atoms with E-state index in [1.807, 2.05) is 13.0 Å². The van der Waals surface area contributed by atoms with Crippen LogP contribution in [0.4, 0.5) is 0 Å². The molecular formula is C16H15ClO4. The van der Waals surface area contributed by atoms with Crippen molar-refractivity contribution in [3.63, 3.8) is 0 Å². The number of aryl methyl sites for hydroxylation is 1. The number of ether oxygens (including phenoxy) is 2. The van der Waals surface area contributed by atoms with E-state index in [-0.39, 0.29) is 5.56 Å². The SMILES string of the molecule is Cc1cc(OCCOc2cccc(C(=O)O)c2)ccc1Cl. The number of hydrogen-bond donors (Lipinski definition) is 1. The minimum Gasteiger partial charge on any atom is -0.490 e. The highest BCUT2D eigenvalue weighted by atomic mass is 35.5. The van der Waals surface area contributed by atoms with Crippen LogP contribution in [0.2, 0.25) is 5.02 Å². The lowest BCUT2D eigenvalue weighted by atomic mass is 10.2. The molecule has 0 bridgehead atoms. The standard InChI is InChI=1S/C16H15ClO4/c1-11-9-14(5-6-15(11)17)21-8-7-20-13-4-2-3-12(10-13)16(18)19/h2-6,9-10H,7-8H2,1H3,(H,18,19). The highest BCUT2D eigenvalue weighted by Gasteiger charge is 2.04. The van der Waals surface area contributed by atoms with Gasteiger partial charge in [0.1, 0.15) is 24.7 Å². The summed E-state index contributed by atoms with van der Waals surface area (Å²) in [5, 5.41) is 9.59. The second kappa shape index (κ2) is 6.99. The monoisotopic (exact) mass is 306 g/mol. The molecule has 110 valence electrons. The summed E-state index contributed by atoms with van der Waals surface area (Å²) in [4.78, 5) is 10.8. The molecule has 0 saturated carbocycles. The van der Waals surface area contributed by atoms with Crippen molar-refractivity contribution in [3.05, 3.63) is 58.6 Å². The zero-order valence-corrected chi connectivity index (χ0v) is 12.3. The first-order valence-electron chi connectivity index (χ1n) is 6.41. The Hall–Kier alpha value is -2.20. The van der Waals surface area contributed by atoms with Crippen LogP contribution in [0.3, 0.4) is 0 Å². The second-order valence-electron chi connectivity index (χ2n) is 4.44. The minimum atomic E-state index is -0.978. The van der Waals surface area contributed by atoms with E-state index in [1.165, 1.54) is 12.1 Å². The average molecular weight is 307 g/mol. The number of carboxylic acid groups (broad SMARTS) is 1. The third kappa shape index (κ3) is 4.39. The fraction of sp³-hybridized carbons (Fsp3) is 0.188. The number of aromatic carboxylic acids is 1. The molecule has 0 unspecified atom stereocenters. The van der Waals surface area contributed by atoms with Crippen molar-refractivity contribution in [2.75, 3.05) is 13.2 Å². The second-order valence-corrected chi connectivity index (χ2v) is 4.85. The van der Waals surface area contributed by atoms with Gasteiger partial charge in [0, 0.05) is 5.02 Å². The summed E-state index contributed by atoms with van der Waals surface area (Å²) in [6.07, 6.45) is 0. The van der Waals surface area contributed by atoms with Gasteiger partial charge in [-0.2, -0.15) is 0 Å². The van der Waals surface area contributed by atoms with E-state index in [2.05, 4.69) is 0 Å².